The van der Waals surface area contributed by atoms with Crippen LogP contribution in [-0.4, -0.2) is 20.6 Å². The molecule has 3 rings (SSSR count). The molecule has 0 unspecified atom stereocenters. The van der Waals surface area contributed by atoms with Gasteiger partial charge in [0.25, 0.3) is 10.0 Å². The number of halogens is 1. The van der Waals surface area contributed by atoms with E-state index in [1.165, 1.54) is 25.3 Å². The van der Waals surface area contributed by atoms with E-state index in [-0.39, 0.29) is 16.4 Å². The average Bonchev–Trinajstić information content (AvgIpc) is 2.67. The van der Waals surface area contributed by atoms with Crippen molar-refractivity contribution in [3.05, 3.63) is 77.3 Å². The second kappa shape index (κ2) is 8.30. The van der Waals surface area contributed by atoms with Crippen molar-refractivity contribution >= 4 is 33.0 Å². The van der Waals surface area contributed by atoms with E-state index in [0.29, 0.717) is 28.5 Å². The Morgan fingerprint density at radius 3 is 2.57 bits per heavy atom. The quantitative estimate of drug-likeness (QED) is 0.540. The third kappa shape index (κ3) is 4.60. The Morgan fingerprint density at radius 1 is 1.14 bits per heavy atom. The Kier molecular flexibility index (Phi) is 5.83. The van der Waals surface area contributed by atoms with Gasteiger partial charge < -0.3 is 15.2 Å². The van der Waals surface area contributed by atoms with Gasteiger partial charge in [0.05, 0.1) is 17.7 Å². The number of benzene rings is 2. The van der Waals surface area contributed by atoms with Crippen molar-refractivity contribution in [1.29, 1.82) is 0 Å². The van der Waals surface area contributed by atoms with Crippen molar-refractivity contribution in [1.82, 2.24) is 0 Å². The number of hydrogen-bond acceptors (Lipinski definition) is 5. The van der Waals surface area contributed by atoms with E-state index < -0.39 is 10.0 Å². The molecule has 0 spiro atoms. The normalized spacial score (nSPS) is 10.8. The second-order valence-electron chi connectivity index (χ2n) is 5.81. The lowest BCUT2D eigenvalue weighted by Gasteiger charge is -2.11. The molecular formula is C20H17ClN2O4S. The molecule has 0 bridgehead atoms. The highest BCUT2D eigenvalue weighted by molar-refractivity contribution is 7.92. The smallest absolute Gasteiger partial charge is 0.261 e. The topological polar surface area (TPSA) is 87.7 Å². The van der Waals surface area contributed by atoms with Gasteiger partial charge in [-0.15, -0.1) is 0 Å². The van der Waals surface area contributed by atoms with Crippen LogP contribution >= 0.6 is 11.6 Å². The summed E-state index contributed by atoms with van der Waals surface area (Å²) in [6.07, 6.45) is 0. The molecule has 0 aliphatic carbocycles. The summed E-state index contributed by atoms with van der Waals surface area (Å²) in [5, 5.41) is 13.6. The maximum absolute atomic E-state index is 12.5. The fourth-order valence-electron chi connectivity index (χ4n) is 2.46. The van der Waals surface area contributed by atoms with E-state index in [0.717, 1.165) is 0 Å². The van der Waals surface area contributed by atoms with Crippen LogP contribution in [0, 0.1) is 12.1 Å². The molecule has 6 nitrogen and oxygen atoms in total. The van der Waals surface area contributed by atoms with Crippen LogP contribution in [0.5, 0.6) is 11.5 Å². The molecule has 0 fully saturated rings. The van der Waals surface area contributed by atoms with Crippen LogP contribution in [0.1, 0.15) is 5.56 Å². The van der Waals surface area contributed by atoms with Gasteiger partial charge in [-0.2, -0.15) is 0 Å². The second-order valence-corrected chi connectivity index (χ2v) is 7.93. The van der Waals surface area contributed by atoms with Crippen molar-refractivity contribution in [3.63, 3.8) is 0 Å². The van der Waals surface area contributed by atoms with Crippen LogP contribution in [0.4, 0.5) is 11.4 Å². The van der Waals surface area contributed by atoms with Gasteiger partial charge in [0.15, 0.2) is 5.75 Å². The molecule has 28 heavy (non-hydrogen) atoms. The molecule has 0 amide bonds. The maximum Gasteiger partial charge on any atom is 0.261 e. The van der Waals surface area contributed by atoms with E-state index in [4.69, 9.17) is 16.3 Å². The molecule has 0 heterocycles. The SMILES string of the molecule is COc1c#ccc(CNc2ccc(S(=O)(=O)Nc3cccc(Cl)c3)cc2)c1O. The minimum atomic E-state index is -3.73. The third-order valence-electron chi connectivity index (χ3n) is 3.88. The largest absolute Gasteiger partial charge is 0.504 e. The Bertz CT molecular complexity index is 1070. The summed E-state index contributed by atoms with van der Waals surface area (Å²) in [6, 6.07) is 19.8. The highest BCUT2D eigenvalue weighted by Gasteiger charge is 2.14. The Balaban J connectivity index is 1.69. The number of methoxy groups -OCH3 is 1. The fraction of sp³-hybridized carbons (Fsp3) is 0.100. The number of sulfonamides is 1. The lowest BCUT2D eigenvalue weighted by Crippen LogP contribution is -2.13. The molecule has 8 heteroatoms. The van der Waals surface area contributed by atoms with E-state index in [1.54, 1.807) is 36.4 Å². The molecule has 0 atom stereocenters. The van der Waals surface area contributed by atoms with E-state index in [9.17, 15) is 13.5 Å². The van der Waals surface area contributed by atoms with Crippen molar-refractivity contribution in [2.45, 2.75) is 11.4 Å². The zero-order valence-corrected chi connectivity index (χ0v) is 16.4. The van der Waals surface area contributed by atoms with Crippen LogP contribution in [0.2, 0.25) is 5.02 Å². The van der Waals surface area contributed by atoms with Crippen molar-refractivity contribution in [2.75, 3.05) is 17.1 Å². The van der Waals surface area contributed by atoms with Crippen molar-refractivity contribution in [3.8, 4) is 11.5 Å². The van der Waals surface area contributed by atoms with Gasteiger partial charge >= 0.3 is 0 Å². The first-order valence-corrected chi connectivity index (χ1v) is 10.1. The first kappa shape index (κ1) is 19.7. The van der Waals surface area contributed by atoms with Gasteiger partial charge in [-0.3, -0.25) is 4.72 Å². The van der Waals surface area contributed by atoms with Gasteiger partial charge in [-0.05, 0) is 54.6 Å². The number of aromatic hydroxyl groups is 1. The number of rotatable bonds is 7. The third-order valence-corrected chi connectivity index (χ3v) is 5.51. The number of anilines is 2. The predicted molar refractivity (Wildman–Crippen MR) is 108 cm³/mol. The summed E-state index contributed by atoms with van der Waals surface area (Å²) in [4.78, 5) is 0.116. The molecule has 3 aromatic carbocycles. The van der Waals surface area contributed by atoms with Crippen LogP contribution < -0.4 is 14.8 Å². The summed E-state index contributed by atoms with van der Waals surface area (Å²) < 4.78 is 32.5. The Labute approximate surface area is 168 Å². The van der Waals surface area contributed by atoms with E-state index >= 15 is 0 Å². The Morgan fingerprint density at radius 2 is 1.89 bits per heavy atom. The molecule has 144 valence electrons. The molecule has 0 aromatic heterocycles. The predicted octanol–water partition coefficient (Wildman–Crippen LogP) is 4.07. The molecule has 0 saturated heterocycles. The van der Waals surface area contributed by atoms with Gasteiger partial charge in [0, 0.05) is 22.8 Å². The highest BCUT2D eigenvalue weighted by atomic mass is 35.5. The number of ether oxygens (including phenoxy) is 1. The molecule has 3 N–H and O–H groups in total. The van der Waals surface area contributed by atoms with Crippen molar-refractivity contribution in [2.24, 2.45) is 0 Å². The van der Waals surface area contributed by atoms with Gasteiger partial charge in [-0.25, -0.2) is 8.42 Å². The van der Waals surface area contributed by atoms with Gasteiger partial charge in [0.1, 0.15) is 0 Å². The number of nitrogens with one attached hydrogen (secondary N) is 2. The molecule has 3 aromatic rings. The monoisotopic (exact) mass is 416 g/mol. The zero-order chi connectivity index (χ0) is 20.1. The molecule has 0 radical (unpaired) electrons. The van der Waals surface area contributed by atoms with E-state index in [1.807, 2.05) is 0 Å². The zero-order valence-electron chi connectivity index (χ0n) is 14.9. The van der Waals surface area contributed by atoms with Crippen LogP contribution in [0.25, 0.3) is 0 Å². The average molecular weight is 417 g/mol. The summed E-state index contributed by atoms with van der Waals surface area (Å²) in [7, 11) is -2.29. The first-order valence-electron chi connectivity index (χ1n) is 8.19. The summed E-state index contributed by atoms with van der Waals surface area (Å²) in [6.45, 7) is 0.306. The maximum atomic E-state index is 12.5. The minimum Gasteiger partial charge on any atom is -0.504 e. The van der Waals surface area contributed by atoms with Crippen LogP contribution in [0.3, 0.4) is 0 Å². The highest BCUT2D eigenvalue weighted by Crippen LogP contribution is 2.27. The van der Waals surface area contributed by atoms with Crippen LogP contribution in [0.15, 0.2) is 59.5 Å². The molecular weight excluding hydrogens is 400 g/mol. The fourth-order valence-corrected chi connectivity index (χ4v) is 3.70. The molecule has 0 aliphatic rings. The first-order chi connectivity index (χ1) is 13.4. The summed E-state index contributed by atoms with van der Waals surface area (Å²) >= 11 is 5.88. The summed E-state index contributed by atoms with van der Waals surface area (Å²) in [5.41, 5.74) is 1.65. The molecule has 0 saturated carbocycles. The molecule has 0 aliphatic heterocycles. The van der Waals surface area contributed by atoms with Gasteiger partial charge in [0.2, 0.25) is 5.75 Å². The van der Waals surface area contributed by atoms with Crippen molar-refractivity contribution < 1.29 is 18.3 Å². The minimum absolute atomic E-state index is 0.0151. The lowest BCUT2D eigenvalue weighted by atomic mass is 10.2. The van der Waals surface area contributed by atoms with Gasteiger partial charge in [-0.1, -0.05) is 23.7 Å². The standard InChI is InChI=1S/C20H17ClN2O4S/c1-27-19-7-2-4-14(20(19)24)13-22-16-8-10-18(11-9-16)28(25,26)23-17-6-3-5-15(21)12-17/h3-6,8-12,22-24H,13H2,1H3. The van der Waals surface area contributed by atoms with E-state index in [2.05, 4.69) is 22.2 Å². The Hall–Kier alpha value is -3.08. The number of hydrogen-bond donors (Lipinski definition) is 3. The lowest BCUT2D eigenvalue weighted by molar-refractivity contribution is 0.371. The van der Waals surface area contributed by atoms with Crippen LogP contribution in [-0.2, 0) is 16.6 Å². The summed E-state index contributed by atoms with van der Waals surface area (Å²) in [5.74, 6) is 0.200.